The Balaban J connectivity index is 1.86. The van der Waals surface area contributed by atoms with Crippen molar-refractivity contribution in [1.29, 1.82) is 0 Å². The Bertz CT molecular complexity index is 796. The van der Waals surface area contributed by atoms with Crippen molar-refractivity contribution >= 4 is 40.4 Å². The average Bonchev–Trinajstić information content (AvgIpc) is 2.82. The van der Waals surface area contributed by atoms with Gasteiger partial charge >= 0.3 is 5.97 Å². The summed E-state index contributed by atoms with van der Waals surface area (Å²) in [6, 6.07) is 12.6. The number of carboxylic acid groups (broad SMARTS) is 1. The molecule has 0 atom stereocenters. The summed E-state index contributed by atoms with van der Waals surface area (Å²) in [5, 5.41) is 12.5. The Morgan fingerprint density at radius 2 is 2.00 bits per heavy atom. The lowest BCUT2D eigenvalue weighted by atomic mass is 10.1. The molecule has 1 aromatic heterocycles. The van der Waals surface area contributed by atoms with Crippen LogP contribution in [-0.2, 0) is 11.2 Å². The number of carbonyl (C=O) groups is 1. The number of carboxylic acids is 1. The lowest BCUT2D eigenvalue weighted by Crippen LogP contribution is -1.99. The van der Waals surface area contributed by atoms with Crippen LogP contribution < -0.4 is 5.32 Å². The first-order chi connectivity index (χ1) is 10.1. The fraction of sp³-hybridized carbons (Fsp3) is 0.0667. The number of nitrogens with zero attached hydrogens (tertiary/aromatic N) is 1. The zero-order valence-electron chi connectivity index (χ0n) is 10.8. The van der Waals surface area contributed by atoms with Crippen molar-refractivity contribution in [1.82, 2.24) is 4.98 Å². The van der Waals surface area contributed by atoms with Gasteiger partial charge in [0.2, 0.25) is 0 Å². The van der Waals surface area contributed by atoms with E-state index < -0.39 is 5.97 Å². The standard InChI is InChI=1S/C15H11ClN2O3/c16-10-2-4-11(5-3-10)17-15-18-12-6-1-9(8-14(19)20)7-13(12)21-15/h1-7H,8H2,(H,17,18)(H,19,20). The molecule has 0 aliphatic rings. The summed E-state index contributed by atoms with van der Waals surface area (Å²) in [6.45, 7) is 0. The maximum Gasteiger partial charge on any atom is 0.307 e. The molecule has 0 aliphatic heterocycles. The highest BCUT2D eigenvalue weighted by Gasteiger charge is 2.08. The molecule has 3 aromatic rings. The topological polar surface area (TPSA) is 75.4 Å². The molecule has 0 radical (unpaired) electrons. The summed E-state index contributed by atoms with van der Waals surface area (Å²) < 4.78 is 5.58. The normalized spacial score (nSPS) is 10.7. The maximum atomic E-state index is 10.7. The summed E-state index contributed by atoms with van der Waals surface area (Å²) in [7, 11) is 0. The van der Waals surface area contributed by atoms with Crippen LogP contribution in [0.3, 0.4) is 0 Å². The highest BCUT2D eigenvalue weighted by atomic mass is 35.5. The van der Waals surface area contributed by atoms with E-state index >= 15 is 0 Å². The van der Waals surface area contributed by atoms with Crippen LogP contribution in [-0.4, -0.2) is 16.1 Å². The van der Waals surface area contributed by atoms with Crippen LogP contribution in [0.15, 0.2) is 46.9 Å². The quantitative estimate of drug-likeness (QED) is 0.765. The van der Waals surface area contributed by atoms with Crippen molar-refractivity contribution in [3.63, 3.8) is 0 Å². The third-order valence-corrected chi connectivity index (χ3v) is 3.16. The van der Waals surface area contributed by atoms with Crippen molar-refractivity contribution in [2.24, 2.45) is 0 Å². The number of rotatable bonds is 4. The molecule has 6 heteroatoms. The van der Waals surface area contributed by atoms with Gasteiger partial charge in [0.15, 0.2) is 5.58 Å². The molecule has 5 nitrogen and oxygen atoms in total. The van der Waals surface area contributed by atoms with E-state index in [-0.39, 0.29) is 6.42 Å². The van der Waals surface area contributed by atoms with Gasteiger partial charge in [-0.05, 0) is 42.0 Å². The predicted molar refractivity (Wildman–Crippen MR) is 80.1 cm³/mol. The van der Waals surface area contributed by atoms with Crippen molar-refractivity contribution in [3.8, 4) is 0 Å². The van der Waals surface area contributed by atoms with E-state index in [0.717, 1.165) is 5.69 Å². The molecule has 0 saturated carbocycles. The molecule has 0 saturated heterocycles. The monoisotopic (exact) mass is 302 g/mol. The minimum atomic E-state index is -0.881. The van der Waals surface area contributed by atoms with Crippen LogP contribution in [0.1, 0.15) is 5.56 Å². The number of nitrogens with one attached hydrogen (secondary N) is 1. The minimum absolute atomic E-state index is 0.0451. The van der Waals surface area contributed by atoms with E-state index in [1.165, 1.54) is 0 Å². The summed E-state index contributed by atoms with van der Waals surface area (Å²) in [5.41, 5.74) is 2.69. The highest BCUT2D eigenvalue weighted by molar-refractivity contribution is 6.30. The molecule has 0 aliphatic carbocycles. The van der Waals surface area contributed by atoms with Crippen molar-refractivity contribution < 1.29 is 14.3 Å². The molecule has 0 fully saturated rings. The van der Waals surface area contributed by atoms with E-state index in [1.807, 2.05) is 12.1 Å². The van der Waals surface area contributed by atoms with Crippen molar-refractivity contribution in [2.75, 3.05) is 5.32 Å². The Labute approximate surface area is 125 Å². The van der Waals surface area contributed by atoms with Gasteiger partial charge in [0.1, 0.15) is 5.52 Å². The smallest absolute Gasteiger partial charge is 0.307 e. The van der Waals surface area contributed by atoms with Gasteiger partial charge in [-0.15, -0.1) is 0 Å². The first-order valence-corrected chi connectivity index (χ1v) is 6.62. The van der Waals surface area contributed by atoms with Crippen LogP contribution in [0.25, 0.3) is 11.1 Å². The largest absolute Gasteiger partial charge is 0.481 e. The van der Waals surface area contributed by atoms with Gasteiger partial charge in [-0.1, -0.05) is 17.7 Å². The summed E-state index contributed by atoms with van der Waals surface area (Å²) in [5.74, 6) is -0.881. The number of fused-ring (bicyclic) bond motifs is 1. The molecule has 0 amide bonds. The molecule has 3 rings (SSSR count). The van der Waals surface area contributed by atoms with Crippen molar-refractivity contribution in [2.45, 2.75) is 6.42 Å². The van der Waals surface area contributed by atoms with Gasteiger partial charge in [-0.3, -0.25) is 4.79 Å². The number of anilines is 2. The van der Waals surface area contributed by atoms with Gasteiger partial charge < -0.3 is 14.8 Å². The SMILES string of the molecule is O=C(O)Cc1ccc2nc(Nc3ccc(Cl)cc3)oc2c1. The van der Waals surface area contributed by atoms with Gasteiger partial charge in [0.05, 0.1) is 6.42 Å². The highest BCUT2D eigenvalue weighted by Crippen LogP contribution is 2.24. The van der Waals surface area contributed by atoms with Crippen LogP contribution >= 0.6 is 11.6 Å². The Kier molecular flexibility index (Phi) is 3.50. The number of hydrogen-bond donors (Lipinski definition) is 2. The minimum Gasteiger partial charge on any atom is -0.481 e. The number of benzene rings is 2. The van der Waals surface area contributed by atoms with Gasteiger partial charge in [-0.2, -0.15) is 4.98 Å². The van der Waals surface area contributed by atoms with Crippen molar-refractivity contribution in [3.05, 3.63) is 53.1 Å². The molecule has 0 bridgehead atoms. The second-order valence-electron chi connectivity index (χ2n) is 4.52. The Morgan fingerprint density at radius 3 is 2.71 bits per heavy atom. The van der Waals surface area contributed by atoms with E-state index in [9.17, 15) is 4.79 Å². The Morgan fingerprint density at radius 1 is 1.24 bits per heavy atom. The summed E-state index contributed by atoms with van der Waals surface area (Å²) in [4.78, 5) is 15.0. The molecule has 21 heavy (non-hydrogen) atoms. The second-order valence-corrected chi connectivity index (χ2v) is 4.96. The zero-order chi connectivity index (χ0) is 14.8. The molecular formula is C15H11ClN2O3. The lowest BCUT2D eigenvalue weighted by molar-refractivity contribution is -0.136. The van der Waals surface area contributed by atoms with E-state index in [4.69, 9.17) is 21.1 Å². The van der Waals surface area contributed by atoms with E-state index in [0.29, 0.717) is 27.7 Å². The summed E-state index contributed by atoms with van der Waals surface area (Å²) in [6.07, 6.45) is -0.0451. The van der Waals surface area contributed by atoms with E-state index in [2.05, 4.69) is 10.3 Å². The number of halogens is 1. The fourth-order valence-corrected chi connectivity index (χ4v) is 2.09. The third-order valence-electron chi connectivity index (χ3n) is 2.90. The fourth-order valence-electron chi connectivity index (χ4n) is 1.96. The third kappa shape index (κ3) is 3.14. The lowest BCUT2D eigenvalue weighted by Gasteiger charge is -2.00. The molecular weight excluding hydrogens is 292 g/mol. The van der Waals surface area contributed by atoms with Gasteiger partial charge in [0, 0.05) is 10.7 Å². The first-order valence-electron chi connectivity index (χ1n) is 6.24. The van der Waals surface area contributed by atoms with Crippen LogP contribution in [0.4, 0.5) is 11.7 Å². The molecule has 0 spiro atoms. The van der Waals surface area contributed by atoms with Gasteiger partial charge in [-0.25, -0.2) is 0 Å². The van der Waals surface area contributed by atoms with Crippen LogP contribution in [0.5, 0.6) is 0 Å². The molecule has 1 heterocycles. The summed E-state index contributed by atoms with van der Waals surface area (Å²) >= 11 is 5.82. The molecule has 0 unspecified atom stereocenters. The number of aliphatic carboxylic acids is 1. The second kappa shape index (κ2) is 5.46. The molecule has 106 valence electrons. The van der Waals surface area contributed by atoms with Gasteiger partial charge in [0.25, 0.3) is 6.01 Å². The average molecular weight is 303 g/mol. The first kappa shape index (κ1) is 13.5. The van der Waals surface area contributed by atoms with Crippen LogP contribution in [0, 0.1) is 0 Å². The number of oxazole rings is 1. The Hall–Kier alpha value is -2.53. The maximum absolute atomic E-state index is 10.7. The van der Waals surface area contributed by atoms with Crippen LogP contribution in [0.2, 0.25) is 5.02 Å². The molecule has 2 N–H and O–H groups in total. The number of aromatic nitrogens is 1. The predicted octanol–water partition coefficient (Wildman–Crippen LogP) is 3.85. The molecule has 2 aromatic carbocycles. The number of hydrogen-bond acceptors (Lipinski definition) is 4. The van der Waals surface area contributed by atoms with E-state index in [1.54, 1.807) is 30.3 Å². The zero-order valence-corrected chi connectivity index (χ0v) is 11.6.